The zero-order valence-electron chi connectivity index (χ0n) is 16.2. The van der Waals surface area contributed by atoms with Crippen molar-refractivity contribution in [2.45, 2.75) is 39.3 Å². The van der Waals surface area contributed by atoms with Crippen LogP contribution in [0.15, 0.2) is 48.5 Å². The predicted molar refractivity (Wildman–Crippen MR) is 108 cm³/mol. The maximum Gasteiger partial charge on any atom is 0.253 e. The molecule has 1 aliphatic heterocycles. The lowest BCUT2D eigenvalue weighted by Gasteiger charge is -2.23. The third-order valence-corrected chi connectivity index (χ3v) is 4.92. The van der Waals surface area contributed by atoms with Crippen LogP contribution in [0.1, 0.15) is 41.3 Å². The molecule has 0 saturated carbocycles. The molecule has 1 aliphatic rings. The summed E-state index contributed by atoms with van der Waals surface area (Å²) in [4.78, 5) is 38.7. The van der Waals surface area contributed by atoms with Crippen molar-refractivity contribution >= 4 is 23.4 Å². The summed E-state index contributed by atoms with van der Waals surface area (Å²) in [6.07, 6.45) is 1.25. The standard InChI is InChI=1S/C22H25N3O3/c1-15-7-5-8-17(13-15)14-23-22(28)18-9-3-4-10-19(18)24-21(27)16(2)25-12-6-11-20(25)26/h3-5,7-10,13,16H,6,11-12,14H2,1-2H3,(H,23,28)(H,24,27)/t16-/m0/s1. The van der Waals surface area contributed by atoms with Crippen LogP contribution in [0.2, 0.25) is 0 Å². The number of anilines is 1. The molecule has 28 heavy (non-hydrogen) atoms. The molecule has 6 nitrogen and oxygen atoms in total. The molecule has 3 amide bonds. The van der Waals surface area contributed by atoms with Gasteiger partial charge in [0, 0.05) is 19.5 Å². The summed E-state index contributed by atoms with van der Waals surface area (Å²) in [5.74, 6) is -0.566. The van der Waals surface area contributed by atoms with Gasteiger partial charge in [-0.2, -0.15) is 0 Å². The van der Waals surface area contributed by atoms with Gasteiger partial charge in [0.1, 0.15) is 6.04 Å². The Labute approximate surface area is 164 Å². The van der Waals surface area contributed by atoms with Crippen molar-refractivity contribution in [2.24, 2.45) is 0 Å². The number of hydrogen-bond donors (Lipinski definition) is 2. The van der Waals surface area contributed by atoms with E-state index in [-0.39, 0.29) is 17.7 Å². The molecule has 2 N–H and O–H groups in total. The summed E-state index contributed by atoms with van der Waals surface area (Å²) in [6, 6.07) is 14.2. The minimum absolute atomic E-state index is 0.00756. The second kappa shape index (κ2) is 8.69. The monoisotopic (exact) mass is 379 g/mol. The van der Waals surface area contributed by atoms with Gasteiger partial charge in [-0.1, -0.05) is 42.0 Å². The van der Waals surface area contributed by atoms with Crippen LogP contribution in [0.5, 0.6) is 0 Å². The van der Waals surface area contributed by atoms with Gasteiger partial charge in [0.25, 0.3) is 5.91 Å². The van der Waals surface area contributed by atoms with Crippen molar-refractivity contribution in [1.29, 1.82) is 0 Å². The lowest BCUT2D eigenvalue weighted by molar-refractivity contribution is -0.134. The van der Waals surface area contributed by atoms with Gasteiger partial charge in [-0.15, -0.1) is 0 Å². The molecule has 1 atom stereocenters. The van der Waals surface area contributed by atoms with E-state index < -0.39 is 6.04 Å². The summed E-state index contributed by atoms with van der Waals surface area (Å²) in [5, 5.41) is 5.70. The van der Waals surface area contributed by atoms with Gasteiger partial charge >= 0.3 is 0 Å². The van der Waals surface area contributed by atoms with Gasteiger partial charge in [-0.25, -0.2) is 0 Å². The van der Waals surface area contributed by atoms with E-state index >= 15 is 0 Å². The highest BCUT2D eigenvalue weighted by Crippen LogP contribution is 2.18. The molecule has 0 aromatic heterocycles. The van der Waals surface area contributed by atoms with Crippen molar-refractivity contribution < 1.29 is 14.4 Å². The van der Waals surface area contributed by atoms with Gasteiger partial charge in [0.05, 0.1) is 11.3 Å². The summed E-state index contributed by atoms with van der Waals surface area (Å²) in [7, 11) is 0. The van der Waals surface area contributed by atoms with Gasteiger partial charge < -0.3 is 15.5 Å². The molecule has 1 fully saturated rings. The van der Waals surface area contributed by atoms with Crippen LogP contribution in [0, 0.1) is 6.92 Å². The third-order valence-electron chi connectivity index (χ3n) is 4.92. The summed E-state index contributed by atoms with van der Waals surface area (Å²) >= 11 is 0. The first-order valence-corrected chi connectivity index (χ1v) is 9.49. The van der Waals surface area contributed by atoms with Crippen LogP contribution >= 0.6 is 0 Å². The Hall–Kier alpha value is -3.15. The van der Waals surface area contributed by atoms with Crippen molar-refractivity contribution in [2.75, 3.05) is 11.9 Å². The molecular formula is C22H25N3O3. The third kappa shape index (κ3) is 4.57. The van der Waals surface area contributed by atoms with E-state index in [4.69, 9.17) is 0 Å². The number of carbonyl (C=O) groups is 3. The SMILES string of the molecule is Cc1cccc(CNC(=O)c2ccccc2NC(=O)[C@H](C)N2CCCC2=O)c1. The lowest BCUT2D eigenvalue weighted by Crippen LogP contribution is -2.42. The number of nitrogens with zero attached hydrogens (tertiary/aromatic N) is 1. The smallest absolute Gasteiger partial charge is 0.253 e. The fourth-order valence-corrected chi connectivity index (χ4v) is 3.35. The molecular weight excluding hydrogens is 354 g/mol. The molecule has 0 bridgehead atoms. The van der Waals surface area contributed by atoms with Gasteiger partial charge in [-0.3, -0.25) is 14.4 Å². The Balaban J connectivity index is 1.67. The Bertz CT molecular complexity index is 894. The van der Waals surface area contributed by atoms with Crippen molar-refractivity contribution in [3.63, 3.8) is 0 Å². The van der Waals surface area contributed by atoms with Gasteiger partial charge in [-0.05, 0) is 38.0 Å². The van der Waals surface area contributed by atoms with Crippen LogP contribution < -0.4 is 10.6 Å². The van der Waals surface area contributed by atoms with Crippen molar-refractivity contribution in [1.82, 2.24) is 10.2 Å². The highest BCUT2D eigenvalue weighted by Gasteiger charge is 2.29. The first-order valence-electron chi connectivity index (χ1n) is 9.49. The topological polar surface area (TPSA) is 78.5 Å². The largest absolute Gasteiger partial charge is 0.348 e. The second-order valence-corrected chi connectivity index (χ2v) is 7.07. The maximum absolute atomic E-state index is 12.7. The number of likely N-dealkylation sites (tertiary alicyclic amines) is 1. The Morgan fingerprint density at radius 2 is 1.93 bits per heavy atom. The molecule has 6 heteroatoms. The number of para-hydroxylation sites is 1. The van der Waals surface area contributed by atoms with E-state index in [9.17, 15) is 14.4 Å². The Morgan fingerprint density at radius 1 is 1.14 bits per heavy atom. The van der Waals surface area contributed by atoms with Crippen LogP contribution in [0.4, 0.5) is 5.69 Å². The molecule has 0 aliphatic carbocycles. The number of aryl methyl sites for hydroxylation is 1. The average molecular weight is 379 g/mol. The van der Waals surface area contributed by atoms with Crippen molar-refractivity contribution in [3.05, 3.63) is 65.2 Å². The highest BCUT2D eigenvalue weighted by atomic mass is 16.2. The molecule has 2 aromatic carbocycles. The number of amides is 3. The lowest BCUT2D eigenvalue weighted by atomic mass is 10.1. The molecule has 146 valence electrons. The molecule has 0 radical (unpaired) electrons. The predicted octanol–water partition coefficient (Wildman–Crippen LogP) is 2.87. The first kappa shape index (κ1) is 19.6. The summed E-state index contributed by atoms with van der Waals surface area (Å²) in [6.45, 7) is 4.70. The fourth-order valence-electron chi connectivity index (χ4n) is 3.35. The molecule has 1 heterocycles. The Kier molecular flexibility index (Phi) is 6.09. The highest BCUT2D eigenvalue weighted by molar-refractivity contribution is 6.05. The van der Waals surface area contributed by atoms with E-state index in [1.54, 1.807) is 36.1 Å². The molecule has 0 unspecified atom stereocenters. The normalized spacial score (nSPS) is 14.6. The van der Waals surface area contributed by atoms with Crippen LogP contribution in [-0.2, 0) is 16.1 Å². The average Bonchev–Trinajstić information content (AvgIpc) is 3.12. The van der Waals surface area contributed by atoms with Crippen LogP contribution in [0.3, 0.4) is 0 Å². The van der Waals surface area contributed by atoms with Gasteiger partial charge in [0.2, 0.25) is 11.8 Å². The fraction of sp³-hybridized carbons (Fsp3) is 0.318. The van der Waals surface area contributed by atoms with Crippen LogP contribution in [0.25, 0.3) is 0 Å². The van der Waals surface area contributed by atoms with E-state index in [2.05, 4.69) is 10.6 Å². The number of benzene rings is 2. The molecule has 1 saturated heterocycles. The number of rotatable bonds is 6. The van der Waals surface area contributed by atoms with E-state index in [1.165, 1.54) is 0 Å². The Morgan fingerprint density at radius 3 is 2.64 bits per heavy atom. The molecule has 3 rings (SSSR count). The minimum atomic E-state index is -0.571. The summed E-state index contributed by atoms with van der Waals surface area (Å²) < 4.78 is 0. The minimum Gasteiger partial charge on any atom is -0.348 e. The first-order chi connectivity index (χ1) is 13.5. The van der Waals surface area contributed by atoms with Crippen LogP contribution in [-0.4, -0.2) is 35.2 Å². The van der Waals surface area contributed by atoms with E-state index in [0.29, 0.717) is 30.8 Å². The number of hydrogen-bond acceptors (Lipinski definition) is 3. The zero-order valence-corrected chi connectivity index (χ0v) is 16.2. The molecule has 0 spiro atoms. The number of nitrogens with one attached hydrogen (secondary N) is 2. The summed E-state index contributed by atoms with van der Waals surface area (Å²) in [5.41, 5.74) is 2.97. The van der Waals surface area contributed by atoms with E-state index in [1.807, 2.05) is 31.2 Å². The number of carbonyl (C=O) groups excluding carboxylic acids is 3. The van der Waals surface area contributed by atoms with Crippen molar-refractivity contribution in [3.8, 4) is 0 Å². The zero-order chi connectivity index (χ0) is 20.1. The van der Waals surface area contributed by atoms with Gasteiger partial charge in [0.15, 0.2) is 0 Å². The quantitative estimate of drug-likeness (QED) is 0.810. The second-order valence-electron chi connectivity index (χ2n) is 7.07. The van der Waals surface area contributed by atoms with E-state index in [0.717, 1.165) is 17.5 Å². The molecule has 2 aromatic rings. The maximum atomic E-state index is 12.7.